The fourth-order valence-electron chi connectivity index (χ4n) is 2.84. The predicted octanol–water partition coefficient (Wildman–Crippen LogP) is 4.11. The van der Waals surface area contributed by atoms with Crippen LogP contribution in [-0.4, -0.2) is 24.7 Å². The summed E-state index contributed by atoms with van der Waals surface area (Å²) < 4.78 is 12.5. The van der Waals surface area contributed by atoms with Gasteiger partial charge in [0.05, 0.1) is 14.2 Å². The third kappa shape index (κ3) is 3.72. The molecule has 134 valence electrons. The van der Waals surface area contributed by atoms with Crippen LogP contribution in [-0.2, 0) is 6.54 Å². The number of carbonyl (C=O) groups is 1. The van der Waals surface area contributed by atoms with E-state index >= 15 is 0 Å². The molecule has 3 rings (SSSR count). The van der Waals surface area contributed by atoms with E-state index in [0.717, 1.165) is 11.1 Å². The predicted molar refractivity (Wildman–Crippen MR) is 102 cm³/mol. The number of carbonyl (C=O) groups excluding carboxylic acids is 1. The van der Waals surface area contributed by atoms with E-state index in [2.05, 4.69) is 5.32 Å². The molecule has 0 radical (unpaired) electrons. The molecule has 0 saturated carbocycles. The Morgan fingerprint density at radius 1 is 1.00 bits per heavy atom. The highest BCUT2D eigenvalue weighted by Crippen LogP contribution is 2.33. The van der Waals surface area contributed by atoms with Crippen LogP contribution in [0.5, 0.6) is 11.5 Å². The van der Waals surface area contributed by atoms with E-state index in [9.17, 15) is 4.79 Å². The van der Waals surface area contributed by atoms with Gasteiger partial charge in [0.25, 0.3) is 5.91 Å². The van der Waals surface area contributed by atoms with Crippen LogP contribution in [0.2, 0.25) is 0 Å². The molecule has 0 fully saturated rings. The van der Waals surface area contributed by atoms with Gasteiger partial charge in [-0.25, -0.2) is 0 Å². The second kappa shape index (κ2) is 7.78. The summed E-state index contributed by atoms with van der Waals surface area (Å²) in [4.78, 5) is 12.8. The fourth-order valence-corrected chi connectivity index (χ4v) is 2.84. The highest BCUT2D eigenvalue weighted by Gasteiger charge is 2.15. The third-order valence-electron chi connectivity index (χ3n) is 4.24. The summed E-state index contributed by atoms with van der Waals surface area (Å²) in [5, 5.41) is 2.97. The van der Waals surface area contributed by atoms with E-state index in [4.69, 9.17) is 9.47 Å². The molecule has 1 N–H and O–H groups in total. The molecule has 1 amide bonds. The zero-order valence-corrected chi connectivity index (χ0v) is 15.2. The lowest BCUT2D eigenvalue weighted by Crippen LogP contribution is -2.18. The van der Waals surface area contributed by atoms with Crippen LogP contribution in [0, 0.1) is 6.92 Å². The average molecular weight is 350 g/mol. The van der Waals surface area contributed by atoms with Crippen LogP contribution in [0.15, 0.2) is 60.8 Å². The van der Waals surface area contributed by atoms with Gasteiger partial charge < -0.3 is 19.4 Å². The summed E-state index contributed by atoms with van der Waals surface area (Å²) in [6, 6.07) is 17.4. The summed E-state index contributed by atoms with van der Waals surface area (Å²) in [6.45, 7) is 2.56. The van der Waals surface area contributed by atoms with Crippen molar-refractivity contribution in [3.63, 3.8) is 0 Å². The van der Waals surface area contributed by atoms with Crippen molar-refractivity contribution >= 4 is 11.6 Å². The zero-order chi connectivity index (χ0) is 18.5. The minimum atomic E-state index is -0.166. The zero-order valence-electron chi connectivity index (χ0n) is 15.2. The molecule has 0 bridgehead atoms. The summed E-state index contributed by atoms with van der Waals surface area (Å²) in [5.74, 6) is 1.05. The van der Waals surface area contributed by atoms with Crippen molar-refractivity contribution in [3.05, 3.63) is 77.6 Å². The molecular formula is C21H22N2O3. The maximum atomic E-state index is 12.8. The number of nitrogens with zero attached hydrogens (tertiary/aromatic N) is 1. The van der Waals surface area contributed by atoms with Gasteiger partial charge in [0.1, 0.15) is 5.69 Å². The first-order valence-corrected chi connectivity index (χ1v) is 8.35. The lowest BCUT2D eigenvalue weighted by Gasteiger charge is -2.14. The molecule has 0 aliphatic rings. The highest BCUT2D eigenvalue weighted by molar-refractivity contribution is 6.03. The number of ether oxygens (including phenoxy) is 2. The van der Waals surface area contributed by atoms with Crippen LogP contribution in [0.25, 0.3) is 0 Å². The Morgan fingerprint density at radius 3 is 2.38 bits per heavy atom. The third-order valence-corrected chi connectivity index (χ3v) is 4.24. The topological polar surface area (TPSA) is 52.5 Å². The lowest BCUT2D eigenvalue weighted by molar-refractivity contribution is 0.101. The first-order valence-electron chi connectivity index (χ1n) is 8.35. The highest BCUT2D eigenvalue weighted by atomic mass is 16.5. The molecule has 1 heterocycles. The van der Waals surface area contributed by atoms with Gasteiger partial charge in [-0.3, -0.25) is 4.79 Å². The molecule has 5 heteroatoms. The maximum Gasteiger partial charge on any atom is 0.272 e. The van der Waals surface area contributed by atoms with Gasteiger partial charge in [0.2, 0.25) is 0 Å². The second-order valence-electron chi connectivity index (χ2n) is 5.98. The molecule has 5 nitrogen and oxygen atoms in total. The minimum absolute atomic E-state index is 0.166. The number of anilines is 1. The van der Waals surface area contributed by atoms with E-state index < -0.39 is 0 Å². The Hall–Kier alpha value is -3.21. The van der Waals surface area contributed by atoms with Gasteiger partial charge in [-0.1, -0.05) is 30.3 Å². The van der Waals surface area contributed by atoms with Gasteiger partial charge >= 0.3 is 0 Å². The number of amides is 1. The fraction of sp³-hybridized carbons (Fsp3) is 0.190. The first-order chi connectivity index (χ1) is 12.6. The Morgan fingerprint density at radius 2 is 1.69 bits per heavy atom. The van der Waals surface area contributed by atoms with Gasteiger partial charge in [-0.2, -0.15) is 0 Å². The van der Waals surface area contributed by atoms with Crippen molar-refractivity contribution in [2.75, 3.05) is 19.5 Å². The van der Waals surface area contributed by atoms with Gasteiger partial charge in [-0.05, 0) is 36.2 Å². The molecule has 0 saturated heterocycles. The van der Waals surface area contributed by atoms with Crippen LogP contribution in [0.4, 0.5) is 5.69 Å². The van der Waals surface area contributed by atoms with Crippen molar-refractivity contribution in [1.29, 1.82) is 0 Å². The molecule has 0 spiro atoms. The van der Waals surface area contributed by atoms with Crippen molar-refractivity contribution < 1.29 is 14.3 Å². The second-order valence-corrected chi connectivity index (χ2v) is 5.98. The minimum Gasteiger partial charge on any atom is -0.493 e. The lowest BCUT2D eigenvalue weighted by atomic mass is 10.1. The molecular weight excluding hydrogens is 328 g/mol. The normalized spacial score (nSPS) is 10.4. The standard InChI is InChI=1S/C21H22N2O3/c1-15-12-19(25-2)20(26-3)13-17(15)22-21(24)18-10-7-11-23(18)14-16-8-5-4-6-9-16/h4-13H,14H2,1-3H3,(H,22,24). The van der Waals surface area contributed by atoms with E-state index in [1.165, 1.54) is 0 Å². The first kappa shape index (κ1) is 17.6. The van der Waals surface area contributed by atoms with Gasteiger partial charge in [0, 0.05) is 24.5 Å². The molecule has 0 atom stereocenters. The summed E-state index contributed by atoms with van der Waals surface area (Å²) in [7, 11) is 3.16. The van der Waals surface area contributed by atoms with Crippen LogP contribution < -0.4 is 14.8 Å². The monoisotopic (exact) mass is 350 g/mol. The molecule has 26 heavy (non-hydrogen) atoms. The van der Waals surface area contributed by atoms with Crippen molar-refractivity contribution in [2.24, 2.45) is 0 Å². The number of rotatable bonds is 6. The van der Waals surface area contributed by atoms with Crippen molar-refractivity contribution in [2.45, 2.75) is 13.5 Å². The smallest absolute Gasteiger partial charge is 0.272 e. The maximum absolute atomic E-state index is 12.8. The summed E-state index contributed by atoms with van der Waals surface area (Å²) >= 11 is 0. The quantitative estimate of drug-likeness (QED) is 0.728. The van der Waals surface area contributed by atoms with E-state index in [-0.39, 0.29) is 5.91 Å². The summed E-state index contributed by atoms with van der Waals surface area (Å²) in [6.07, 6.45) is 1.91. The van der Waals surface area contributed by atoms with Crippen LogP contribution in [0.1, 0.15) is 21.6 Å². The van der Waals surface area contributed by atoms with Crippen molar-refractivity contribution in [1.82, 2.24) is 4.57 Å². The Labute approximate surface area is 153 Å². The molecule has 0 aliphatic carbocycles. The van der Waals surface area contributed by atoms with E-state index in [0.29, 0.717) is 29.4 Å². The van der Waals surface area contributed by atoms with Crippen molar-refractivity contribution in [3.8, 4) is 11.5 Å². The van der Waals surface area contributed by atoms with Crippen LogP contribution in [0.3, 0.4) is 0 Å². The average Bonchev–Trinajstić information content (AvgIpc) is 3.12. The number of methoxy groups -OCH3 is 2. The number of nitrogens with one attached hydrogen (secondary N) is 1. The molecule has 0 unspecified atom stereocenters. The Balaban J connectivity index is 1.82. The number of hydrogen-bond acceptors (Lipinski definition) is 3. The number of aromatic nitrogens is 1. The number of benzene rings is 2. The van der Waals surface area contributed by atoms with Gasteiger partial charge in [-0.15, -0.1) is 0 Å². The molecule has 3 aromatic rings. The summed E-state index contributed by atoms with van der Waals surface area (Å²) in [5.41, 5.74) is 3.33. The molecule has 1 aromatic heterocycles. The largest absolute Gasteiger partial charge is 0.493 e. The van der Waals surface area contributed by atoms with Gasteiger partial charge in [0.15, 0.2) is 11.5 Å². The van der Waals surface area contributed by atoms with Crippen LogP contribution >= 0.6 is 0 Å². The number of aryl methyl sites for hydroxylation is 1. The number of hydrogen-bond donors (Lipinski definition) is 1. The Bertz CT molecular complexity index is 901. The SMILES string of the molecule is COc1cc(C)c(NC(=O)c2cccn2Cc2ccccc2)cc1OC. The molecule has 0 aliphatic heterocycles. The van der Waals surface area contributed by atoms with E-state index in [1.807, 2.05) is 66.2 Å². The molecule has 2 aromatic carbocycles. The Kier molecular flexibility index (Phi) is 5.27. The van der Waals surface area contributed by atoms with E-state index in [1.54, 1.807) is 20.3 Å².